The largest absolute Gasteiger partial charge is 0.342 e. The lowest BCUT2D eigenvalue weighted by Crippen LogP contribution is -2.30. The Balaban J connectivity index is 2.49. The molecule has 0 unspecified atom stereocenters. The van der Waals surface area contributed by atoms with E-state index in [0.29, 0.717) is 12.0 Å². The number of rotatable bonds is 5. The van der Waals surface area contributed by atoms with Crippen molar-refractivity contribution in [3.05, 3.63) is 24.3 Å². The fraction of sp³-hybridized carbons (Fsp3) is 0.538. The number of nitrogens with zero attached hydrogens (tertiary/aromatic N) is 1. The quantitative estimate of drug-likeness (QED) is 0.526. The van der Waals surface area contributed by atoms with Gasteiger partial charge in [-0.25, -0.2) is 0 Å². The second-order valence-corrected chi connectivity index (χ2v) is 4.15. The van der Waals surface area contributed by atoms with Gasteiger partial charge >= 0.3 is 0 Å². The lowest BCUT2D eigenvalue weighted by atomic mass is 9.98. The minimum atomic E-state index is -0.00267. The van der Waals surface area contributed by atoms with Crippen molar-refractivity contribution in [3.8, 4) is 0 Å². The summed E-state index contributed by atoms with van der Waals surface area (Å²) < 4.78 is 0. The molecule has 88 valence electrons. The zero-order chi connectivity index (χ0) is 12.0. The predicted molar refractivity (Wildman–Crippen MR) is 64.0 cm³/mol. The second-order valence-electron chi connectivity index (χ2n) is 4.15. The number of ketones is 1. The highest BCUT2D eigenvalue weighted by Crippen LogP contribution is 2.17. The minimum absolute atomic E-state index is 0.00267. The van der Waals surface area contributed by atoms with Crippen LogP contribution in [0.25, 0.3) is 0 Å². The van der Waals surface area contributed by atoms with E-state index in [2.05, 4.69) is 6.58 Å². The van der Waals surface area contributed by atoms with Gasteiger partial charge in [-0.15, -0.1) is 6.58 Å². The first-order valence-corrected chi connectivity index (χ1v) is 5.75. The molecular weight excluding hydrogens is 202 g/mol. The Labute approximate surface area is 96.8 Å². The summed E-state index contributed by atoms with van der Waals surface area (Å²) >= 11 is 0. The van der Waals surface area contributed by atoms with Crippen molar-refractivity contribution in [2.45, 2.75) is 32.1 Å². The van der Waals surface area contributed by atoms with Crippen molar-refractivity contribution in [2.24, 2.45) is 0 Å². The molecule has 1 amide bonds. The van der Waals surface area contributed by atoms with Crippen LogP contribution in [0, 0.1) is 0 Å². The molecule has 0 radical (unpaired) electrons. The summed E-state index contributed by atoms with van der Waals surface area (Å²) in [6.45, 7) is 4.36. The summed E-state index contributed by atoms with van der Waals surface area (Å²) in [7, 11) is 1.78. The molecule has 0 aromatic rings. The van der Waals surface area contributed by atoms with E-state index < -0.39 is 0 Å². The van der Waals surface area contributed by atoms with Gasteiger partial charge in [0.25, 0.3) is 0 Å². The van der Waals surface area contributed by atoms with E-state index in [-0.39, 0.29) is 11.7 Å². The third-order valence-corrected chi connectivity index (χ3v) is 2.73. The number of allylic oxidation sites excluding steroid dienone is 2. The van der Waals surface area contributed by atoms with Crippen LogP contribution in [-0.4, -0.2) is 30.2 Å². The molecule has 0 aromatic heterocycles. The number of hydrogen-bond acceptors (Lipinski definition) is 2. The van der Waals surface area contributed by atoms with E-state index >= 15 is 0 Å². The predicted octanol–water partition coefficient (Wildman–Crippen LogP) is 2.09. The van der Waals surface area contributed by atoms with Gasteiger partial charge < -0.3 is 4.90 Å². The van der Waals surface area contributed by atoms with Crippen LogP contribution < -0.4 is 0 Å². The van der Waals surface area contributed by atoms with Crippen molar-refractivity contribution in [3.63, 3.8) is 0 Å². The standard InChI is InChI=1S/C13H19NO2/c1-3-4-5-9-14(2)13(16)11-7-6-8-12(15)10-11/h3,10H,1,4-9H2,2H3. The van der Waals surface area contributed by atoms with Crippen LogP contribution >= 0.6 is 0 Å². The maximum atomic E-state index is 11.9. The Kier molecular flexibility index (Phi) is 4.96. The Hall–Kier alpha value is -1.38. The SMILES string of the molecule is C=CCCCN(C)C(=O)C1=CC(=O)CCC1. The summed E-state index contributed by atoms with van der Waals surface area (Å²) in [6.07, 6.45) is 7.31. The van der Waals surface area contributed by atoms with Gasteiger partial charge in [-0.05, 0) is 31.8 Å². The lowest BCUT2D eigenvalue weighted by Gasteiger charge is -2.20. The average molecular weight is 221 g/mol. The third kappa shape index (κ3) is 3.65. The summed E-state index contributed by atoms with van der Waals surface area (Å²) in [5.74, 6) is 0.0752. The van der Waals surface area contributed by atoms with Crippen LogP contribution in [0.1, 0.15) is 32.1 Å². The van der Waals surface area contributed by atoms with E-state index in [9.17, 15) is 9.59 Å². The molecule has 0 spiro atoms. The van der Waals surface area contributed by atoms with Crippen LogP contribution in [0.15, 0.2) is 24.3 Å². The molecule has 1 aliphatic rings. The van der Waals surface area contributed by atoms with E-state index in [1.54, 1.807) is 11.9 Å². The Morgan fingerprint density at radius 1 is 1.56 bits per heavy atom. The van der Waals surface area contributed by atoms with Gasteiger partial charge in [-0.1, -0.05) is 6.08 Å². The monoisotopic (exact) mass is 221 g/mol. The molecule has 0 saturated carbocycles. The first-order chi connectivity index (χ1) is 7.65. The number of amides is 1. The first-order valence-electron chi connectivity index (χ1n) is 5.75. The molecule has 1 rings (SSSR count). The van der Waals surface area contributed by atoms with Gasteiger partial charge in [-0.2, -0.15) is 0 Å². The Bertz CT molecular complexity index is 318. The molecule has 3 nitrogen and oxygen atoms in total. The lowest BCUT2D eigenvalue weighted by molar-refractivity contribution is -0.127. The molecule has 0 heterocycles. The maximum absolute atomic E-state index is 11.9. The normalized spacial score (nSPS) is 15.6. The second kappa shape index (κ2) is 6.26. The summed E-state index contributed by atoms with van der Waals surface area (Å²) in [5.41, 5.74) is 0.664. The molecule has 0 atom stereocenters. The smallest absolute Gasteiger partial charge is 0.249 e. The van der Waals surface area contributed by atoms with Crippen molar-refractivity contribution >= 4 is 11.7 Å². The zero-order valence-electron chi connectivity index (χ0n) is 9.87. The summed E-state index contributed by atoms with van der Waals surface area (Å²) in [6, 6.07) is 0. The molecule has 0 N–H and O–H groups in total. The average Bonchev–Trinajstić information content (AvgIpc) is 2.28. The van der Waals surface area contributed by atoms with Gasteiger partial charge in [0, 0.05) is 25.6 Å². The fourth-order valence-corrected chi connectivity index (χ4v) is 1.78. The topological polar surface area (TPSA) is 37.4 Å². The molecule has 0 fully saturated rings. The van der Waals surface area contributed by atoms with Crippen LogP contribution in [-0.2, 0) is 9.59 Å². The van der Waals surface area contributed by atoms with Crippen molar-refractivity contribution in [1.82, 2.24) is 4.90 Å². The molecule has 1 aliphatic carbocycles. The van der Waals surface area contributed by atoms with E-state index in [1.165, 1.54) is 6.08 Å². The molecule has 0 bridgehead atoms. The number of carbonyl (C=O) groups excluding carboxylic acids is 2. The first kappa shape index (κ1) is 12.7. The highest BCUT2D eigenvalue weighted by Gasteiger charge is 2.18. The summed E-state index contributed by atoms with van der Waals surface area (Å²) in [4.78, 5) is 24.8. The number of hydrogen-bond donors (Lipinski definition) is 0. The Morgan fingerprint density at radius 2 is 2.31 bits per heavy atom. The van der Waals surface area contributed by atoms with E-state index in [4.69, 9.17) is 0 Å². The highest BCUT2D eigenvalue weighted by molar-refractivity contribution is 6.02. The van der Waals surface area contributed by atoms with E-state index in [1.807, 2.05) is 6.08 Å². The van der Waals surface area contributed by atoms with Crippen molar-refractivity contribution in [1.29, 1.82) is 0 Å². The number of likely N-dealkylation sites (N-methyl/N-ethyl adjacent to an activating group) is 1. The van der Waals surface area contributed by atoms with Crippen LogP contribution in [0.3, 0.4) is 0 Å². The van der Waals surface area contributed by atoms with E-state index in [0.717, 1.165) is 32.2 Å². The zero-order valence-corrected chi connectivity index (χ0v) is 9.87. The van der Waals surface area contributed by atoms with Crippen molar-refractivity contribution in [2.75, 3.05) is 13.6 Å². The number of unbranched alkanes of at least 4 members (excludes halogenated alkanes) is 1. The molecule has 0 saturated heterocycles. The molecular formula is C13H19NO2. The summed E-state index contributed by atoms with van der Waals surface area (Å²) in [5, 5.41) is 0. The van der Waals surface area contributed by atoms with Gasteiger partial charge in [-0.3, -0.25) is 9.59 Å². The fourth-order valence-electron chi connectivity index (χ4n) is 1.78. The molecule has 16 heavy (non-hydrogen) atoms. The van der Waals surface area contributed by atoms with Crippen LogP contribution in [0.4, 0.5) is 0 Å². The van der Waals surface area contributed by atoms with Gasteiger partial charge in [0.05, 0.1) is 0 Å². The molecule has 0 aliphatic heterocycles. The molecule has 0 aromatic carbocycles. The van der Waals surface area contributed by atoms with Gasteiger partial charge in [0.15, 0.2) is 5.78 Å². The van der Waals surface area contributed by atoms with Gasteiger partial charge in [0.2, 0.25) is 5.91 Å². The van der Waals surface area contributed by atoms with Gasteiger partial charge in [0.1, 0.15) is 0 Å². The van der Waals surface area contributed by atoms with Crippen LogP contribution in [0.5, 0.6) is 0 Å². The van der Waals surface area contributed by atoms with Crippen molar-refractivity contribution < 1.29 is 9.59 Å². The highest BCUT2D eigenvalue weighted by atomic mass is 16.2. The third-order valence-electron chi connectivity index (χ3n) is 2.73. The maximum Gasteiger partial charge on any atom is 0.249 e. The minimum Gasteiger partial charge on any atom is -0.342 e. The van der Waals surface area contributed by atoms with Crippen LogP contribution in [0.2, 0.25) is 0 Å². The Morgan fingerprint density at radius 3 is 2.94 bits per heavy atom. The molecule has 3 heteroatoms. The number of carbonyl (C=O) groups is 2.